The molecule has 1 unspecified atom stereocenters. The Balaban J connectivity index is 2.18. The van der Waals surface area contributed by atoms with E-state index in [9.17, 15) is 14.7 Å². The zero-order valence-electron chi connectivity index (χ0n) is 10.5. The van der Waals surface area contributed by atoms with Crippen molar-refractivity contribution in [3.8, 4) is 0 Å². The third kappa shape index (κ3) is 6.83. The fourth-order valence-corrected chi connectivity index (χ4v) is 2.10. The standard InChI is InChI=1S/C13H18N2O3S/c14-12(17)9-19-7-6-13(18)15-8-11(16)10-4-2-1-3-5-10/h1-5,11,16H,6-9H2,(H2,14,17)(H,15,18). The number of nitrogens with one attached hydrogen (secondary N) is 1. The minimum atomic E-state index is -0.705. The Hall–Kier alpha value is -1.53. The van der Waals surface area contributed by atoms with Gasteiger partial charge in [-0.1, -0.05) is 30.3 Å². The SMILES string of the molecule is NC(=O)CSCCC(=O)NCC(O)c1ccccc1. The van der Waals surface area contributed by atoms with E-state index in [-0.39, 0.29) is 24.1 Å². The highest BCUT2D eigenvalue weighted by molar-refractivity contribution is 7.99. The van der Waals surface area contributed by atoms with Crippen LogP contribution in [0.25, 0.3) is 0 Å². The summed E-state index contributed by atoms with van der Waals surface area (Å²) in [6.07, 6.45) is -0.400. The van der Waals surface area contributed by atoms with Crippen LogP contribution in [-0.2, 0) is 9.59 Å². The molecule has 0 aliphatic carbocycles. The molecule has 4 N–H and O–H groups in total. The molecule has 0 spiro atoms. The zero-order valence-corrected chi connectivity index (χ0v) is 11.4. The number of rotatable bonds is 8. The number of aliphatic hydroxyl groups is 1. The molecule has 0 saturated heterocycles. The molecule has 5 nitrogen and oxygen atoms in total. The molecule has 6 heteroatoms. The molecular weight excluding hydrogens is 264 g/mol. The molecule has 0 fully saturated rings. The van der Waals surface area contributed by atoms with E-state index in [4.69, 9.17) is 5.73 Å². The first-order valence-corrected chi connectivity index (χ1v) is 7.11. The summed E-state index contributed by atoms with van der Waals surface area (Å²) in [5.74, 6) is 0.229. The molecule has 0 aliphatic heterocycles. The molecule has 2 amide bonds. The minimum Gasteiger partial charge on any atom is -0.387 e. The third-order valence-electron chi connectivity index (χ3n) is 2.39. The number of carbonyl (C=O) groups is 2. The Bertz CT molecular complexity index is 412. The molecule has 19 heavy (non-hydrogen) atoms. The van der Waals surface area contributed by atoms with Gasteiger partial charge in [-0.25, -0.2) is 0 Å². The van der Waals surface area contributed by atoms with Gasteiger partial charge in [-0.3, -0.25) is 9.59 Å². The van der Waals surface area contributed by atoms with E-state index in [0.29, 0.717) is 12.2 Å². The summed E-state index contributed by atoms with van der Waals surface area (Å²) in [7, 11) is 0. The lowest BCUT2D eigenvalue weighted by Crippen LogP contribution is -2.28. The van der Waals surface area contributed by atoms with Gasteiger partial charge in [0.05, 0.1) is 11.9 Å². The van der Waals surface area contributed by atoms with Crippen molar-refractivity contribution in [2.45, 2.75) is 12.5 Å². The summed E-state index contributed by atoms with van der Waals surface area (Å²) in [5.41, 5.74) is 5.75. The zero-order chi connectivity index (χ0) is 14.1. The van der Waals surface area contributed by atoms with E-state index in [1.807, 2.05) is 18.2 Å². The van der Waals surface area contributed by atoms with Gasteiger partial charge in [0.1, 0.15) is 0 Å². The second-order valence-corrected chi connectivity index (χ2v) is 5.10. The number of hydrogen-bond acceptors (Lipinski definition) is 4. The smallest absolute Gasteiger partial charge is 0.227 e. The lowest BCUT2D eigenvalue weighted by atomic mass is 10.1. The molecule has 0 aliphatic rings. The largest absolute Gasteiger partial charge is 0.387 e. The number of thioether (sulfide) groups is 1. The summed E-state index contributed by atoms with van der Waals surface area (Å²) in [4.78, 5) is 22.0. The Morgan fingerprint density at radius 2 is 2.00 bits per heavy atom. The van der Waals surface area contributed by atoms with Crippen molar-refractivity contribution in [1.29, 1.82) is 0 Å². The van der Waals surface area contributed by atoms with Gasteiger partial charge in [0.15, 0.2) is 0 Å². The highest BCUT2D eigenvalue weighted by Gasteiger charge is 2.08. The molecule has 0 heterocycles. The number of carbonyl (C=O) groups excluding carboxylic acids is 2. The summed E-state index contributed by atoms with van der Waals surface area (Å²) in [5, 5.41) is 12.5. The summed E-state index contributed by atoms with van der Waals surface area (Å²) >= 11 is 1.32. The fourth-order valence-electron chi connectivity index (χ4n) is 1.43. The van der Waals surface area contributed by atoms with Crippen molar-refractivity contribution < 1.29 is 14.7 Å². The van der Waals surface area contributed by atoms with E-state index >= 15 is 0 Å². The predicted octanol–water partition coefficient (Wildman–Crippen LogP) is 0.445. The monoisotopic (exact) mass is 282 g/mol. The maximum Gasteiger partial charge on any atom is 0.227 e. The molecule has 0 radical (unpaired) electrons. The molecule has 0 bridgehead atoms. The average molecular weight is 282 g/mol. The topological polar surface area (TPSA) is 92.4 Å². The van der Waals surface area contributed by atoms with E-state index in [0.717, 1.165) is 5.56 Å². The summed E-state index contributed by atoms with van der Waals surface area (Å²) in [6, 6.07) is 9.14. The molecule has 1 aromatic rings. The van der Waals surface area contributed by atoms with Gasteiger partial charge >= 0.3 is 0 Å². The number of aliphatic hydroxyl groups excluding tert-OH is 1. The number of amides is 2. The molecule has 1 atom stereocenters. The van der Waals surface area contributed by atoms with Crippen molar-refractivity contribution in [2.24, 2.45) is 5.73 Å². The van der Waals surface area contributed by atoms with Crippen molar-refractivity contribution >= 4 is 23.6 Å². The Morgan fingerprint density at radius 3 is 2.63 bits per heavy atom. The fraction of sp³-hybridized carbons (Fsp3) is 0.385. The van der Waals surface area contributed by atoms with E-state index in [1.165, 1.54) is 11.8 Å². The molecule has 1 aromatic carbocycles. The molecular formula is C13H18N2O3S. The molecule has 0 saturated carbocycles. The van der Waals surface area contributed by atoms with Crippen LogP contribution in [0.2, 0.25) is 0 Å². The normalized spacial score (nSPS) is 11.8. The maximum atomic E-state index is 11.5. The van der Waals surface area contributed by atoms with E-state index in [2.05, 4.69) is 5.32 Å². The van der Waals surface area contributed by atoms with Crippen molar-refractivity contribution in [3.63, 3.8) is 0 Å². The van der Waals surface area contributed by atoms with E-state index in [1.54, 1.807) is 12.1 Å². The Morgan fingerprint density at radius 1 is 1.32 bits per heavy atom. The third-order valence-corrected chi connectivity index (χ3v) is 3.38. The molecule has 104 valence electrons. The van der Waals surface area contributed by atoms with Crippen LogP contribution < -0.4 is 11.1 Å². The van der Waals surface area contributed by atoms with Crippen molar-refractivity contribution in [1.82, 2.24) is 5.32 Å². The highest BCUT2D eigenvalue weighted by atomic mass is 32.2. The lowest BCUT2D eigenvalue weighted by molar-refractivity contribution is -0.121. The van der Waals surface area contributed by atoms with Gasteiger partial charge < -0.3 is 16.2 Å². The second-order valence-electron chi connectivity index (χ2n) is 4.00. The molecule has 1 rings (SSSR count). The molecule has 0 aromatic heterocycles. The highest BCUT2D eigenvalue weighted by Crippen LogP contribution is 2.10. The van der Waals surface area contributed by atoms with Crippen LogP contribution in [0.15, 0.2) is 30.3 Å². The van der Waals surface area contributed by atoms with Gasteiger partial charge in [0.25, 0.3) is 0 Å². The Kier molecular flexibility index (Phi) is 6.99. The number of nitrogens with two attached hydrogens (primary N) is 1. The van der Waals surface area contributed by atoms with Crippen molar-refractivity contribution in [3.05, 3.63) is 35.9 Å². The summed E-state index contributed by atoms with van der Waals surface area (Å²) in [6.45, 7) is 0.184. The van der Waals surface area contributed by atoms with Crippen LogP contribution in [0.4, 0.5) is 0 Å². The number of primary amides is 1. The second kappa shape index (κ2) is 8.55. The first-order chi connectivity index (χ1) is 9.09. The van der Waals surface area contributed by atoms with E-state index < -0.39 is 6.10 Å². The van der Waals surface area contributed by atoms with Crippen LogP contribution in [0.5, 0.6) is 0 Å². The van der Waals surface area contributed by atoms with Gasteiger partial charge in [-0.2, -0.15) is 11.8 Å². The van der Waals surface area contributed by atoms with Crippen molar-refractivity contribution in [2.75, 3.05) is 18.1 Å². The van der Waals surface area contributed by atoms with Crippen LogP contribution in [0.3, 0.4) is 0 Å². The maximum absolute atomic E-state index is 11.5. The minimum absolute atomic E-state index is 0.146. The van der Waals surface area contributed by atoms with Gasteiger partial charge in [0.2, 0.25) is 11.8 Å². The average Bonchev–Trinajstić information content (AvgIpc) is 2.41. The Labute approximate surface area is 116 Å². The van der Waals surface area contributed by atoms with Crippen LogP contribution >= 0.6 is 11.8 Å². The number of hydrogen-bond donors (Lipinski definition) is 3. The van der Waals surface area contributed by atoms with Gasteiger partial charge in [0, 0.05) is 18.7 Å². The van der Waals surface area contributed by atoms with Crippen LogP contribution in [0.1, 0.15) is 18.1 Å². The summed E-state index contributed by atoms with van der Waals surface area (Å²) < 4.78 is 0. The predicted molar refractivity (Wildman–Crippen MR) is 75.5 cm³/mol. The van der Waals surface area contributed by atoms with Gasteiger partial charge in [-0.15, -0.1) is 0 Å². The van der Waals surface area contributed by atoms with Gasteiger partial charge in [-0.05, 0) is 5.56 Å². The lowest BCUT2D eigenvalue weighted by Gasteiger charge is -2.12. The quantitative estimate of drug-likeness (QED) is 0.603. The van der Waals surface area contributed by atoms with Crippen LogP contribution in [-0.4, -0.2) is 35.0 Å². The first kappa shape index (κ1) is 15.5. The van der Waals surface area contributed by atoms with Crippen LogP contribution in [0, 0.1) is 0 Å². The number of benzene rings is 1. The first-order valence-electron chi connectivity index (χ1n) is 5.95.